The van der Waals surface area contributed by atoms with Gasteiger partial charge in [0.15, 0.2) is 0 Å². The van der Waals surface area contributed by atoms with Crippen LogP contribution in [0.25, 0.3) is 0 Å². The minimum absolute atomic E-state index is 0.748. The lowest BCUT2D eigenvalue weighted by Crippen LogP contribution is -2.56. The predicted octanol–water partition coefficient (Wildman–Crippen LogP) is 3.67. The monoisotopic (exact) mass is 266 g/mol. The van der Waals surface area contributed by atoms with E-state index in [0.717, 1.165) is 23.9 Å². The summed E-state index contributed by atoms with van der Waals surface area (Å²) >= 11 is 0. The molecule has 1 unspecified atom stereocenters. The average molecular weight is 266 g/mol. The first-order valence-corrected chi connectivity index (χ1v) is 8.70. The number of hydrogen-bond acceptors (Lipinski definition) is 2. The Morgan fingerprint density at radius 1 is 1.11 bits per heavy atom. The van der Waals surface area contributed by atoms with Crippen molar-refractivity contribution in [2.75, 3.05) is 19.6 Å². The van der Waals surface area contributed by atoms with Crippen molar-refractivity contribution < 1.29 is 0 Å². The van der Waals surface area contributed by atoms with E-state index in [0.29, 0.717) is 0 Å². The van der Waals surface area contributed by atoms with Gasteiger partial charge in [0.1, 0.15) is 0 Å². The lowest BCUT2D eigenvalue weighted by atomic mass is 9.77. The standard InChI is InChI=1S/C17H34N2/c1-4-11-18-13-17(14(2)3)19-12-7-9-15-8-5-6-10-16(15)19/h14-18H,4-13H2,1-3H3/t15-,16-,17?/m1/s1. The fourth-order valence-corrected chi connectivity index (χ4v) is 4.24. The number of piperidine rings is 1. The molecule has 1 heterocycles. The van der Waals surface area contributed by atoms with Gasteiger partial charge in [-0.15, -0.1) is 0 Å². The largest absolute Gasteiger partial charge is 0.315 e. The summed E-state index contributed by atoms with van der Waals surface area (Å²) in [6.07, 6.45) is 10.1. The molecule has 3 atom stereocenters. The van der Waals surface area contributed by atoms with Crippen molar-refractivity contribution in [3.05, 3.63) is 0 Å². The van der Waals surface area contributed by atoms with Crippen molar-refractivity contribution in [3.63, 3.8) is 0 Å². The van der Waals surface area contributed by atoms with E-state index < -0.39 is 0 Å². The second-order valence-electron chi connectivity index (χ2n) is 7.01. The van der Waals surface area contributed by atoms with Crippen molar-refractivity contribution in [2.45, 2.75) is 77.8 Å². The average Bonchev–Trinajstić information content (AvgIpc) is 2.43. The molecule has 0 aromatic carbocycles. The Morgan fingerprint density at radius 3 is 2.58 bits per heavy atom. The van der Waals surface area contributed by atoms with Crippen LogP contribution in [0.15, 0.2) is 0 Å². The van der Waals surface area contributed by atoms with Gasteiger partial charge in [-0.05, 0) is 57.0 Å². The quantitative estimate of drug-likeness (QED) is 0.738. The molecule has 112 valence electrons. The highest BCUT2D eigenvalue weighted by Crippen LogP contribution is 2.37. The van der Waals surface area contributed by atoms with Gasteiger partial charge in [-0.3, -0.25) is 4.90 Å². The Balaban J connectivity index is 1.97. The smallest absolute Gasteiger partial charge is 0.0246 e. The van der Waals surface area contributed by atoms with Gasteiger partial charge in [0, 0.05) is 18.6 Å². The molecule has 19 heavy (non-hydrogen) atoms. The molecule has 1 aliphatic carbocycles. The summed E-state index contributed by atoms with van der Waals surface area (Å²) in [6, 6.07) is 1.65. The first-order valence-electron chi connectivity index (χ1n) is 8.70. The van der Waals surface area contributed by atoms with Gasteiger partial charge >= 0.3 is 0 Å². The van der Waals surface area contributed by atoms with E-state index in [2.05, 4.69) is 31.0 Å². The van der Waals surface area contributed by atoms with Crippen LogP contribution >= 0.6 is 0 Å². The zero-order valence-electron chi connectivity index (χ0n) is 13.3. The lowest BCUT2D eigenvalue weighted by Gasteiger charge is -2.49. The second-order valence-corrected chi connectivity index (χ2v) is 7.01. The molecule has 0 spiro atoms. The number of nitrogens with zero attached hydrogens (tertiary/aromatic N) is 1. The highest BCUT2D eigenvalue weighted by molar-refractivity contribution is 4.92. The van der Waals surface area contributed by atoms with Crippen molar-refractivity contribution in [3.8, 4) is 0 Å². The first kappa shape index (κ1) is 15.3. The molecule has 2 aliphatic rings. The normalized spacial score (nSPS) is 30.3. The van der Waals surface area contributed by atoms with Gasteiger partial charge in [0.05, 0.1) is 0 Å². The fourth-order valence-electron chi connectivity index (χ4n) is 4.24. The third-order valence-corrected chi connectivity index (χ3v) is 5.26. The molecule has 1 saturated carbocycles. The SMILES string of the molecule is CCCNCC(C(C)C)N1CCC[C@H]2CCCC[C@H]21. The molecule has 2 heteroatoms. The Labute approximate surface area is 120 Å². The number of nitrogens with one attached hydrogen (secondary N) is 1. The number of rotatable bonds is 6. The van der Waals surface area contributed by atoms with Crippen LogP contribution in [-0.2, 0) is 0 Å². The second kappa shape index (κ2) is 7.64. The Morgan fingerprint density at radius 2 is 1.84 bits per heavy atom. The van der Waals surface area contributed by atoms with Crippen LogP contribution in [0.3, 0.4) is 0 Å². The third kappa shape index (κ3) is 3.95. The van der Waals surface area contributed by atoms with E-state index in [-0.39, 0.29) is 0 Å². The highest BCUT2D eigenvalue weighted by atomic mass is 15.2. The summed E-state index contributed by atoms with van der Waals surface area (Å²) in [5.41, 5.74) is 0. The summed E-state index contributed by atoms with van der Waals surface area (Å²) in [6.45, 7) is 10.8. The van der Waals surface area contributed by atoms with Crippen LogP contribution in [0.2, 0.25) is 0 Å². The summed E-state index contributed by atoms with van der Waals surface area (Å²) in [5, 5.41) is 3.67. The predicted molar refractivity (Wildman–Crippen MR) is 83.5 cm³/mol. The summed E-state index contributed by atoms with van der Waals surface area (Å²) in [5.74, 6) is 1.78. The van der Waals surface area contributed by atoms with Crippen LogP contribution in [0.4, 0.5) is 0 Å². The van der Waals surface area contributed by atoms with Crippen molar-refractivity contribution in [1.29, 1.82) is 0 Å². The Kier molecular flexibility index (Phi) is 6.15. The van der Waals surface area contributed by atoms with Crippen LogP contribution in [0.1, 0.15) is 65.7 Å². The molecule has 1 saturated heterocycles. The molecule has 0 aromatic rings. The highest BCUT2D eigenvalue weighted by Gasteiger charge is 2.37. The molecule has 0 bridgehead atoms. The topological polar surface area (TPSA) is 15.3 Å². The third-order valence-electron chi connectivity index (χ3n) is 5.26. The maximum Gasteiger partial charge on any atom is 0.0246 e. The minimum atomic E-state index is 0.748. The summed E-state index contributed by atoms with van der Waals surface area (Å²) in [4.78, 5) is 2.89. The molecule has 1 N–H and O–H groups in total. The maximum absolute atomic E-state index is 3.67. The van der Waals surface area contributed by atoms with Gasteiger partial charge in [-0.25, -0.2) is 0 Å². The van der Waals surface area contributed by atoms with Gasteiger partial charge in [-0.1, -0.05) is 33.6 Å². The van der Waals surface area contributed by atoms with Crippen molar-refractivity contribution in [1.82, 2.24) is 10.2 Å². The number of hydrogen-bond donors (Lipinski definition) is 1. The summed E-state index contributed by atoms with van der Waals surface area (Å²) in [7, 11) is 0. The molecule has 2 fully saturated rings. The van der Waals surface area contributed by atoms with Crippen molar-refractivity contribution in [2.24, 2.45) is 11.8 Å². The van der Waals surface area contributed by atoms with Crippen LogP contribution in [0, 0.1) is 11.8 Å². The van der Waals surface area contributed by atoms with Gasteiger partial charge in [0.25, 0.3) is 0 Å². The van der Waals surface area contributed by atoms with Crippen LogP contribution in [0.5, 0.6) is 0 Å². The van der Waals surface area contributed by atoms with Crippen LogP contribution in [-0.4, -0.2) is 36.6 Å². The van der Waals surface area contributed by atoms with E-state index in [1.807, 2.05) is 0 Å². The van der Waals surface area contributed by atoms with Gasteiger partial charge < -0.3 is 5.32 Å². The van der Waals surface area contributed by atoms with E-state index in [1.54, 1.807) is 0 Å². The Bertz CT molecular complexity index is 250. The van der Waals surface area contributed by atoms with E-state index in [1.165, 1.54) is 64.6 Å². The number of likely N-dealkylation sites (tertiary alicyclic amines) is 1. The molecular formula is C17H34N2. The number of fused-ring (bicyclic) bond motifs is 1. The van der Waals surface area contributed by atoms with Gasteiger partial charge in [-0.2, -0.15) is 0 Å². The zero-order chi connectivity index (χ0) is 13.7. The van der Waals surface area contributed by atoms with E-state index >= 15 is 0 Å². The minimum Gasteiger partial charge on any atom is -0.315 e. The summed E-state index contributed by atoms with van der Waals surface area (Å²) < 4.78 is 0. The molecule has 2 nitrogen and oxygen atoms in total. The maximum atomic E-state index is 3.67. The Hall–Kier alpha value is -0.0800. The lowest BCUT2D eigenvalue weighted by molar-refractivity contribution is 0.0102. The molecule has 0 amide bonds. The van der Waals surface area contributed by atoms with E-state index in [4.69, 9.17) is 0 Å². The fraction of sp³-hybridized carbons (Fsp3) is 1.00. The van der Waals surface area contributed by atoms with Crippen molar-refractivity contribution >= 4 is 0 Å². The molecule has 2 rings (SSSR count). The van der Waals surface area contributed by atoms with E-state index in [9.17, 15) is 0 Å². The molecule has 0 aromatic heterocycles. The molecular weight excluding hydrogens is 232 g/mol. The van der Waals surface area contributed by atoms with Crippen LogP contribution < -0.4 is 5.32 Å². The first-order chi connectivity index (χ1) is 9.24. The molecule has 1 aliphatic heterocycles. The molecule has 0 radical (unpaired) electrons. The van der Waals surface area contributed by atoms with Gasteiger partial charge in [0.2, 0.25) is 0 Å². The zero-order valence-corrected chi connectivity index (χ0v) is 13.3.